The molecular formula is C13H21ClN2O2. The Morgan fingerprint density at radius 3 is 2.61 bits per heavy atom. The van der Waals surface area contributed by atoms with E-state index in [0.717, 1.165) is 11.3 Å². The number of ether oxygens (including phenoxy) is 1. The Balaban J connectivity index is 0.00000289. The van der Waals surface area contributed by atoms with Crippen molar-refractivity contribution in [1.82, 2.24) is 4.90 Å². The number of carbonyl (C=O) groups excluding carboxylic acids is 1. The fraction of sp³-hybridized carbons (Fsp3) is 0.462. The first kappa shape index (κ1) is 16.7. The average Bonchev–Trinajstić information content (AvgIpc) is 2.30. The highest BCUT2D eigenvalue weighted by Gasteiger charge is 2.15. The van der Waals surface area contributed by atoms with Gasteiger partial charge in [-0.05, 0) is 19.9 Å². The predicted octanol–water partition coefficient (Wildman–Crippen LogP) is 1.81. The largest absolute Gasteiger partial charge is 0.494 e. The number of nitrogens with two attached hydrogens (primary N) is 1. The minimum Gasteiger partial charge on any atom is -0.494 e. The van der Waals surface area contributed by atoms with Crippen LogP contribution in [0.1, 0.15) is 19.4 Å². The van der Waals surface area contributed by atoms with Crippen molar-refractivity contribution in [3.05, 3.63) is 29.8 Å². The molecule has 102 valence electrons. The first-order chi connectivity index (χ1) is 8.06. The van der Waals surface area contributed by atoms with E-state index >= 15 is 0 Å². The van der Waals surface area contributed by atoms with Crippen molar-refractivity contribution < 1.29 is 9.53 Å². The summed E-state index contributed by atoms with van der Waals surface area (Å²) < 4.78 is 5.51. The molecule has 0 unspecified atom stereocenters. The summed E-state index contributed by atoms with van der Waals surface area (Å²) in [7, 11) is 1.74. The highest BCUT2D eigenvalue weighted by Crippen LogP contribution is 2.19. The molecule has 0 aliphatic rings. The van der Waals surface area contributed by atoms with Crippen molar-refractivity contribution >= 4 is 18.3 Å². The Hall–Kier alpha value is -1.26. The average molecular weight is 273 g/mol. The zero-order valence-corrected chi connectivity index (χ0v) is 11.9. The molecule has 1 atom stereocenters. The molecule has 0 fully saturated rings. The lowest BCUT2D eigenvalue weighted by atomic mass is 10.2. The van der Waals surface area contributed by atoms with E-state index < -0.39 is 6.04 Å². The smallest absolute Gasteiger partial charge is 0.239 e. The van der Waals surface area contributed by atoms with E-state index in [1.165, 1.54) is 0 Å². The Morgan fingerprint density at radius 1 is 1.44 bits per heavy atom. The van der Waals surface area contributed by atoms with E-state index in [2.05, 4.69) is 0 Å². The van der Waals surface area contributed by atoms with Crippen molar-refractivity contribution in [2.24, 2.45) is 5.73 Å². The molecule has 0 bridgehead atoms. The van der Waals surface area contributed by atoms with Crippen molar-refractivity contribution in [2.45, 2.75) is 26.4 Å². The molecule has 18 heavy (non-hydrogen) atoms. The zero-order valence-electron chi connectivity index (χ0n) is 11.1. The Labute approximate surface area is 115 Å². The molecule has 0 aromatic heterocycles. The second kappa shape index (κ2) is 7.95. The zero-order chi connectivity index (χ0) is 12.8. The lowest BCUT2D eigenvalue weighted by Gasteiger charge is -2.20. The first-order valence-corrected chi connectivity index (χ1v) is 5.77. The Bertz CT molecular complexity index is 383. The third-order valence-electron chi connectivity index (χ3n) is 2.45. The number of amides is 1. The van der Waals surface area contributed by atoms with Crippen LogP contribution < -0.4 is 10.5 Å². The van der Waals surface area contributed by atoms with Crippen molar-refractivity contribution in [2.75, 3.05) is 13.7 Å². The van der Waals surface area contributed by atoms with Gasteiger partial charge in [-0.15, -0.1) is 12.4 Å². The van der Waals surface area contributed by atoms with Crippen LogP contribution >= 0.6 is 12.4 Å². The van der Waals surface area contributed by atoms with Crippen LogP contribution in [0.4, 0.5) is 0 Å². The number of halogens is 1. The molecule has 5 heteroatoms. The van der Waals surface area contributed by atoms with Crippen LogP contribution in [0.15, 0.2) is 24.3 Å². The lowest BCUT2D eigenvalue weighted by Crippen LogP contribution is -2.39. The van der Waals surface area contributed by atoms with Crippen LogP contribution in [0.2, 0.25) is 0 Å². The van der Waals surface area contributed by atoms with Gasteiger partial charge in [0.25, 0.3) is 0 Å². The van der Waals surface area contributed by atoms with Crippen molar-refractivity contribution in [3.8, 4) is 5.75 Å². The fourth-order valence-electron chi connectivity index (χ4n) is 1.61. The maximum Gasteiger partial charge on any atom is 0.239 e. The molecule has 2 N–H and O–H groups in total. The molecule has 1 amide bonds. The quantitative estimate of drug-likeness (QED) is 0.889. The molecular weight excluding hydrogens is 252 g/mol. The Kier molecular flexibility index (Phi) is 7.39. The molecule has 0 heterocycles. The highest BCUT2D eigenvalue weighted by molar-refractivity contribution is 5.85. The molecule has 4 nitrogen and oxygen atoms in total. The van der Waals surface area contributed by atoms with Crippen LogP contribution in [-0.4, -0.2) is 30.5 Å². The maximum absolute atomic E-state index is 11.7. The summed E-state index contributed by atoms with van der Waals surface area (Å²) >= 11 is 0. The monoisotopic (exact) mass is 272 g/mol. The minimum absolute atomic E-state index is 0. The van der Waals surface area contributed by atoms with E-state index in [9.17, 15) is 4.79 Å². The van der Waals surface area contributed by atoms with Crippen LogP contribution in [0.3, 0.4) is 0 Å². The second-order valence-electron chi connectivity index (χ2n) is 4.02. The molecule has 0 radical (unpaired) electrons. The van der Waals surface area contributed by atoms with Gasteiger partial charge in [0.05, 0.1) is 12.6 Å². The SMILES string of the molecule is CCOc1ccccc1CN(C)C(=O)[C@@H](C)N.Cl. The molecule has 1 aromatic carbocycles. The number of carbonyl (C=O) groups is 1. The van der Waals surface area contributed by atoms with Crippen molar-refractivity contribution in [1.29, 1.82) is 0 Å². The van der Waals surface area contributed by atoms with Gasteiger partial charge in [-0.3, -0.25) is 4.79 Å². The van der Waals surface area contributed by atoms with Gasteiger partial charge in [0.1, 0.15) is 5.75 Å². The molecule has 0 saturated carbocycles. The standard InChI is InChI=1S/C13H20N2O2.ClH/c1-4-17-12-8-6-5-7-11(12)9-15(3)13(16)10(2)14;/h5-8,10H,4,9,14H2,1-3H3;1H/t10-;/m1./s1. The van der Waals surface area contributed by atoms with Gasteiger partial charge >= 0.3 is 0 Å². The molecule has 0 saturated heterocycles. The van der Waals surface area contributed by atoms with E-state index in [0.29, 0.717) is 13.2 Å². The summed E-state index contributed by atoms with van der Waals surface area (Å²) in [6, 6.07) is 7.24. The first-order valence-electron chi connectivity index (χ1n) is 5.77. The summed E-state index contributed by atoms with van der Waals surface area (Å²) in [6.45, 7) is 4.75. The number of nitrogens with zero attached hydrogens (tertiary/aromatic N) is 1. The van der Waals surface area contributed by atoms with Gasteiger partial charge in [0, 0.05) is 19.2 Å². The van der Waals surface area contributed by atoms with Crippen LogP contribution in [0.25, 0.3) is 0 Å². The summed E-state index contributed by atoms with van der Waals surface area (Å²) in [5, 5.41) is 0. The van der Waals surface area contributed by atoms with Gasteiger partial charge in [-0.1, -0.05) is 18.2 Å². The minimum atomic E-state index is -0.473. The third-order valence-corrected chi connectivity index (χ3v) is 2.45. The van der Waals surface area contributed by atoms with Gasteiger partial charge in [0.15, 0.2) is 0 Å². The van der Waals surface area contributed by atoms with Crippen LogP contribution in [0, 0.1) is 0 Å². The van der Waals surface area contributed by atoms with Crippen molar-refractivity contribution in [3.63, 3.8) is 0 Å². The normalized spacial score (nSPS) is 11.3. The maximum atomic E-state index is 11.7. The molecule has 1 rings (SSSR count). The van der Waals surface area contributed by atoms with E-state index in [1.54, 1.807) is 18.9 Å². The molecule has 1 aromatic rings. The van der Waals surface area contributed by atoms with Gasteiger partial charge in [0.2, 0.25) is 5.91 Å². The van der Waals surface area contributed by atoms with E-state index in [1.807, 2.05) is 31.2 Å². The number of para-hydroxylation sites is 1. The van der Waals surface area contributed by atoms with Gasteiger partial charge in [-0.25, -0.2) is 0 Å². The molecule has 0 aliphatic carbocycles. The lowest BCUT2D eigenvalue weighted by molar-refractivity contribution is -0.131. The highest BCUT2D eigenvalue weighted by atomic mass is 35.5. The van der Waals surface area contributed by atoms with E-state index in [-0.39, 0.29) is 18.3 Å². The molecule has 0 aliphatic heterocycles. The van der Waals surface area contributed by atoms with E-state index in [4.69, 9.17) is 10.5 Å². The summed E-state index contributed by atoms with van der Waals surface area (Å²) in [4.78, 5) is 13.3. The summed E-state index contributed by atoms with van der Waals surface area (Å²) in [6.07, 6.45) is 0. The topological polar surface area (TPSA) is 55.6 Å². The fourth-order valence-corrected chi connectivity index (χ4v) is 1.61. The van der Waals surface area contributed by atoms with Crippen LogP contribution in [0.5, 0.6) is 5.75 Å². The van der Waals surface area contributed by atoms with Gasteiger partial charge < -0.3 is 15.4 Å². The number of hydrogen-bond donors (Lipinski definition) is 1. The van der Waals surface area contributed by atoms with Gasteiger partial charge in [-0.2, -0.15) is 0 Å². The summed E-state index contributed by atoms with van der Waals surface area (Å²) in [5.41, 5.74) is 6.56. The number of hydrogen-bond acceptors (Lipinski definition) is 3. The third kappa shape index (κ3) is 4.55. The molecule has 0 spiro atoms. The van der Waals surface area contributed by atoms with Crippen LogP contribution in [-0.2, 0) is 11.3 Å². The number of rotatable bonds is 5. The Morgan fingerprint density at radius 2 is 2.06 bits per heavy atom. The second-order valence-corrected chi connectivity index (χ2v) is 4.02. The summed E-state index contributed by atoms with van der Waals surface area (Å²) in [5.74, 6) is 0.746. The predicted molar refractivity (Wildman–Crippen MR) is 75.0 cm³/mol. The number of likely N-dealkylation sites (N-methyl/N-ethyl adjacent to an activating group) is 1. The number of benzene rings is 1.